The van der Waals surface area contributed by atoms with Gasteiger partial charge >= 0.3 is 5.97 Å². The van der Waals surface area contributed by atoms with Gasteiger partial charge in [0.2, 0.25) is 0 Å². The lowest BCUT2D eigenvalue weighted by Gasteiger charge is -2.69. The number of fused-ring (bicyclic) bond motifs is 2. The smallest absolute Gasteiger partial charge is 0.355 e. The second-order valence-corrected chi connectivity index (χ2v) is 21.2. The van der Waals surface area contributed by atoms with Gasteiger partial charge < -0.3 is 34.9 Å². The van der Waals surface area contributed by atoms with Crippen LogP contribution in [0.15, 0.2) is 42.6 Å². The van der Waals surface area contributed by atoms with Crippen LogP contribution < -0.4 is 15.5 Å². The van der Waals surface area contributed by atoms with Gasteiger partial charge in [-0.3, -0.25) is 4.68 Å². The van der Waals surface area contributed by atoms with Gasteiger partial charge in [0.15, 0.2) is 28.2 Å². The maximum atomic E-state index is 13.0. The number of para-hydroxylation sites is 1. The Kier molecular flexibility index (Phi) is 10.2. The molecule has 1 saturated heterocycles. The van der Waals surface area contributed by atoms with Crippen molar-refractivity contribution in [1.82, 2.24) is 35.3 Å². The standard InChI is InChI=1S/C47H59N9O5S/c1-29-32-10-9-18-55(40(32)54-53-39(29)52-42-50-35-11-7-8-12-36(35)62-42)37-14-13-33(38(51-37)41(57)58)34-20-49-56(30(34)2)28-46-23-44(5)22-45(6,24-46)26-47(25-44,27-46)59-19-17-48-16-15-31-21-60-43(3,4)61-31/h7-8,11-14,20,31,48H,9-10,15-19,21-28H2,1-6H3,(H,57,58)(H,50,52,53)/t31-,44-,45+,46?,47?/m0/s1. The van der Waals surface area contributed by atoms with Crippen molar-refractivity contribution in [2.45, 2.75) is 123 Å². The number of carboxylic acid groups (broad SMARTS) is 1. The molecule has 5 aromatic rings. The van der Waals surface area contributed by atoms with Crippen LogP contribution in [0.25, 0.3) is 21.3 Å². The summed E-state index contributed by atoms with van der Waals surface area (Å²) >= 11 is 1.58. The molecule has 62 heavy (non-hydrogen) atoms. The second kappa shape index (κ2) is 15.3. The number of rotatable bonds is 14. The van der Waals surface area contributed by atoms with Crippen LogP contribution in [0.1, 0.15) is 106 Å². The number of aromatic carboxylic acids is 1. The van der Waals surface area contributed by atoms with Gasteiger partial charge in [0.05, 0.1) is 41.3 Å². The third-order valence-corrected chi connectivity index (χ3v) is 15.1. The molecule has 5 atom stereocenters. The maximum absolute atomic E-state index is 13.0. The summed E-state index contributed by atoms with van der Waals surface area (Å²) in [4.78, 5) is 24.5. The van der Waals surface area contributed by atoms with Crippen LogP contribution >= 0.6 is 11.3 Å². The molecule has 6 aliphatic rings. The van der Waals surface area contributed by atoms with Crippen molar-refractivity contribution < 1.29 is 24.1 Å². The Bertz CT molecular complexity index is 2480. The number of ether oxygens (including phenoxy) is 3. The molecule has 15 heteroatoms. The van der Waals surface area contributed by atoms with Gasteiger partial charge in [0.25, 0.3) is 0 Å². The zero-order chi connectivity index (χ0) is 43.1. The quantitative estimate of drug-likeness (QED) is 0.0910. The number of aromatic nitrogens is 6. The highest BCUT2D eigenvalue weighted by Crippen LogP contribution is 2.72. The first-order chi connectivity index (χ1) is 29.6. The van der Waals surface area contributed by atoms with E-state index in [-0.39, 0.29) is 33.6 Å². The Morgan fingerprint density at radius 3 is 2.53 bits per heavy atom. The molecule has 1 aromatic carbocycles. The third kappa shape index (κ3) is 7.77. The second-order valence-electron chi connectivity index (χ2n) is 20.2. The van der Waals surface area contributed by atoms with Crippen molar-refractivity contribution in [3.63, 3.8) is 0 Å². The Balaban J connectivity index is 0.850. The molecular formula is C47H59N9O5S. The molecule has 0 radical (unpaired) electrons. The molecule has 328 valence electrons. The Morgan fingerprint density at radius 2 is 1.77 bits per heavy atom. The van der Waals surface area contributed by atoms with Crippen LogP contribution in [0.2, 0.25) is 0 Å². The lowest BCUT2D eigenvalue weighted by atomic mass is 9.39. The predicted molar refractivity (Wildman–Crippen MR) is 240 cm³/mol. The van der Waals surface area contributed by atoms with E-state index in [1.807, 2.05) is 62.2 Å². The number of benzene rings is 1. The average molecular weight is 862 g/mol. The zero-order valence-electron chi connectivity index (χ0n) is 36.8. The van der Waals surface area contributed by atoms with Crippen molar-refractivity contribution in [3.8, 4) is 11.1 Å². The third-order valence-electron chi connectivity index (χ3n) is 14.2. The van der Waals surface area contributed by atoms with Gasteiger partial charge in [-0.05, 0) is 133 Å². The van der Waals surface area contributed by atoms with E-state index in [1.165, 1.54) is 6.42 Å². The van der Waals surface area contributed by atoms with E-state index < -0.39 is 11.8 Å². The van der Waals surface area contributed by atoms with Crippen molar-refractivity contribution in [1.29, 1.82) is 0 Å². The van der Waals surface area contributed by atoms with Crippen LogP contribution in [-0.2, 0) is 27.2 Å². The van der Waals surface area contributed by atoms with Crippen LogP contribution in [-0.4, -0.2) is 91.4 Å². The highest BCUT2D eigenvalue weighted by atomic mass is 32.1. The monoisotopic (exact) mass is 861 g/mol. The normalized spacial score (nSPS) is 28.5. The van der Waals surface area contributed by atoms with E-state index in [9.17, 15) is 9.90 Å². The fraction of sp³-hybridized carbons (Fsp3) is 0.574. The molecule has 4 aliphatic carbocycles. The largest absolute Gasteiger partial charge is 0.476 e. The summed E-state index contributed by atoms with van der Waals surface area (Å²) < 4.78 is 21.9. The molecule has 5 fully saturated rings. The minimum Gasteiger partial charge on any atom is -0.476 e. The molecule has 0 spiro atoms. The molecule has 4 bridgehead atoms. The number of anilines is 4. The summed E-state index contributed by atoms with van der Waals surface area (Å²) in [5.41, 5.74) is 5.59. The van der Waals surface area contributed by atoms with Crippen molar-refractivity contribution in [2.24, 2.45) is 16.2 Å². The van der Waals surface area contributed by atoms with E-state index in [0.717, 1.165) is 109 Å². The molecular weight excluding hydrogens is 803 g/mol. The average Bonchev–Trinajstić information content (AvgIpc) is 3.90. The summed E-state index contributed by atoms with van der Waals surface area (Å²) in [6.07, 6.45) is 11.3. The van der Waals surface area contributed by atoms with Gasteiger partial charge in [-0.15, -0.1) is 10.2 Å². The number of carboxylic acids is 1. The number of hydrogen-bond donors (Lipinski definition) is 3. The number of pyridine rings is 1. The first-order valence-electron chi connectivity index (χ1n) is 22.3. The highest BCUT2D eigenvalue weighted by molar-refractivity contribution is 7.22. The Morgan fingerprint density at radius 1 is 0.968 bits per heavy atom. The number of hydrogen-bond acceptors (Lipinski definition) is 13. The van der Waals surface area contributed by atoms with Gasteiger partial charge in [-0.25, -0.2) is 14.8 Å². The Hall–Kier alpha value is -4.54. The zero-order valence-corrected chi connectivity index (χ0v) is 37.7. The Labute approximate surface area is 367 Å². The molecule has 4 saturated carbocycles. The fourth-order valence-electron chi connectivity index (χ4n) is 12.9. The van der Waals surface area contributed by atoms with Crippen LogP contribution in [0.5, 0.6) is 0 Å². The SMILES string of the molecule is Cc1c(Nc2nc3ccccc3s2)nnc2c1CCCN2c1ccc(-c2cnn(CC34CC5(OCCNCC[C@H]6COC(C)(C)O6)C[C@](C)(C3)C[C@](C)(C4)C5)c2C)c(C(=O)O)n1. The van der Waals surface area contributed by atoms with Crippen molar-refractivity contribution in [2.75, 3.05) is 43.1 Å². The van der Waals surface area contributed by atoms with E-state index in [2.05, 4.69) is 52.4 Å². The molecule has 4 aromatic heterocycles. The lowest BCUT2D eigenvalue weighted by molar-refractivity contribution is -0.247. The van der Waals surface area contributed by atoms with Crippen molar-refractivity contribution >= 4 is 50.1 Å². The van der Waals surface area contributed by atoms with E-state index in [4.69, 9.17) is 29.3 Å². The van der Waals surface area contributed by atoms with Crippen LogP contribution in [0.3, 0.4) is 0 Å². The number of carbonyl (C=O) groups is 1. The fourth-order valence-corrected chi connectivity index (χ4v) is 13.8. The first-order valence-corrected chi connectivity index (χ1v) is 23.1. The topological polar surface area (TPSA) is 162 Å². The molecule has 3 N–H and O–H groups in total. The van der Waals surface area contributed by atoms with Gasteiger partial charge in [-0.1, -0.05) is 37.3 Å². The first kappa shape index (κ1) is 41.5. The van der Waals surface area contributed by atoms with Gasteiger partial charge in [-0.2, -0.15) is 5.10 Å². The number of nitrogens with one attached hydrogen (secondary N) is 2. The maximum Gasteiger partial charge on any atom is 0.355 e. The van der Waals surface area contributed by atoms with Gasteiger partial charge in [0.1, 0.15) is 5.82 Å². The van der Waals surface area contributed by atoms with Crippen LogP contribution in [0, 0.1) is 30.1 Å². The van der Waals surface area contributed by atoms with E-state index >= 15 is 0 Å². The molecule has 2 aliphatic heterocycles. The summed E-state index contributed by atoms with van der Waals surface area (Å²) in [5.74, 6) is 0.338. The summed E-state index contributed by atoms with van der Waals surface area (Å²) in [6.45, 7) is 17.4. The molecule has 0 amide bonds. The number of thiazole rings is 1. The summed E-state index contributed by atoms with van der Waals surface area (Å²) in [5, 5.41) is 32.6. The minimum absolute atomic E-state index is 0.000179. The van der Waals surface area contributed by atoms with E-state index in [0.29, 0.717) is 42.8 Å². The molecule has 6 heterocycles. The highest BCUT2D eigenvalue weighted by Gasteiger charge is 2.66. The number of nitrogens with zero attached hydrogens (tertiary/aromatic N) is 7. The lowest BCUT2D eigenvalue weighted by Crippen LogP contribution is -2.64. The van der Waals surface area contributed by atoms with Crippen LogP contribution in [0.4, 0.5) is 22.6 Å². The van der Waals surface area contributed by atoms with Crippen molar-refractivity contribution in [3.05, 3.63) is 65.1 Å². The predicted octanol–water partition coefficient (Wildman–Crippen LogP) is 8.75. The molecule has 11 rings (SSSR count). The summed E-state index contributed by atoms with van der Waals surface area (Å²) in [6, 6.07) is 11.8. The summed E-state index contributed by atoms with van der Waals surface area (Å²) in [7, 11) is 0. The van der Waals surface area contributed by atoms with Gasteiger partial charge in [0, 0.05) is 47.6 Å². The van der Waals surface area contributed by atoms with E-state index in [1.54, 1.807) is 11.3 Å². The molecule has 14 nitrogen and oxygen atoms in total. The molecule has 2 unspecified atom stereocenters. The minimum atomic E-state index is -1.08.